The Hall–Kier alpha value is -2.51. The van der Waals surface area contributed by atoms with E-state index in [0.29, 0.717) is 11.4 Å². The van der Waals surface area contributed by atoms with Gasteiger partial charge in [-0.15, -0.1) is 11.3 Å². The van der Waals surface area contributed by atoms with Crippen LogP contribution in [0, 0.1) is 6.92 Å². The normalized spacial score (nSPS) is 12.1. The molecule has 0 saturated heterocycles. The van der Waals surface area contributed by atoms with E-state index in [1.807, 2.05) is 44.2 Å². The predicted molar refractivity (Wildman–Crippen MR) is 97.5 cm³/mol. The van der Waals surface area contributed by atoms with Gasteiger partial charge in [-0.3, -0.25) is 9.89 Å². The van der Waals surface area contributed by atoms with Crippen molar-refractivity contribution in [3.8, 4) is 11.3 Å². The molecule has 0 spiro atoms. The lowest BCUT2D eigenvalue weighted by molar-refractivity contribution is 0.0954. The number of nitrogens with zero attached hydrogens (tertiary/aromatic N) is 2. The average Bonchev–Trinajstić information content (AvgIpc) is 3.29. The zero-order chi connectivity index (χ0) is 17.8. The van der Waals surface area contributed by atoms with Crippen molar-refractivity contribution in [2.45, 2.75) is 26.5 Å². The summed E-state index contributed by atoms with van der Waals surface area (Å²) in [6.07, 6.45) is 1.61. The van der Waals surface area contributed by atoms with Crippen LogP contribution >= 0.6 is 11.3 Å². The number of benzene rings is 1. The Morgan fingerprint density at radius 1 is 1.32 bits per heavy atom. The highest BCUT2D eigenvalue weighted by Crippen LogP contribution is 2.25. The first-order valence-electron chi connectivity index (χ1n) is 7.95. The summed E-state index contributed by atoms with van der Waals surface area (Å²) in [5, 5.41) is 10.6. The molecule has 2 aromatic heterocycles. The van der Waals surface area contributed by atoms with E-state index < -0.39 is 0 Å². The van der Waals surface area contributed by atoms with Crippen molar-refractivity contribution in [1.82, 2.24) is 20.5 Å². The minimum absolute atomic E-state index is 0.109. The van der Waals surface area contributed by atoms with Crippen LogP contribution in [-0.2, 0) is 11.3 Å². The van der Waals surface area contributed by atoms with Gasteiger partial charge in [0.25, 0.3) is 5.91 Å². The minimum atomic E-state index is -0.111. The van der Waals surface area contributed by atoms with Gasteiger partial charge in [0, 0.05) is 19.9 Å². The first-order valence-corrected chi connectivity index (χ1v) is 8.77. The number of carbonyl (C=O) groups is 1. The topological polar surface area (TPSA) is 79.9 Å². The molecule has 3 aromatic rings. The van der Waals surface area contributed by atoms with Crippen LogP contribution in [0.5, 0.6) is 0 Å². The number of ether oxygens (including phenoxy) is 1. The lowest BCUT2D eigenvalue weighted by Crippen LogP contribution is -2.22. The molecule has 130 valence electrons. The van der Waals surface area contributed by atoms with Crippen LogP contribution in [0.4, 0.5) is 0 Å². The molecule has 0 aliphatic carbocycles. The van der Waals surface area contributed by atoms with Crippen LogP contribution in [0.3, 0.4) is 0 Å². The highest BCUT2D eigenvalue weighted by Gasteiger charge is 2.18. The quantitative estimate of drug-likeness (QED) is 0.709. The van der Waals surface area contributed by atoms with E-state index in [9.17, 15) is 4.79 Å². The average molecular weight is 356 g/mol. The Kier molecular flexibility index (Phi) is 5.25. The number of aromatic amines is 1. The summed E-state index contributed by atoms with van der Waals surface area (Å²) in [5.41, 5.74) is 3.79. The maximum Gasteiger partial charge on any atom is 0.263 e. The van der Waals surface area contributed by atoms with Gasteiger partial charge in [0.2, 0.25) is 0 Å². The second-order valence-corrected chi connectivity index (χ2v) is 6.73. The van der Waals surface area contributed by atoms with Gasteiger partial charge >= 0.3 is 0 Å². The first-order chi connectivity index (χ1) is 12.1. The number of methoxy groups -OCH3 is 1. The summed E-state index contributed by atoms with van der Waals surface area (Å²) in [4.78, 5) is 17.5. The summed E-state index contributed by atoms with van der Waals surface area (Å²) in [6.45, 7) is 4.23. The van der Waals surface area contributed by atoms with Crippen LogP contribution in [0.25, 0.3) is 11.3 Å². The van der Waals surface area contributed by atoms with Crippen LogP contribution in [0.1, 0.15) is 39.0 Å². The number of carbonyl (C=O) groups excluding carboxylic acids is 1. The fraction of sp³-hybridized carbons (Fsp3) is 0.278. The molecule has 0 saturated carbocycles. The molecular weight excluding hydrogens is 336 g/mol. The van der Waals surface area contributed by atoms with E-state index in [1.165, 1.54) is 11.3 Å². The second-order valence-electron chi connectivity index (χ2n) is 5.69. The van der Waals surface area contributed by atoms with Crippen molar-refractivity contribution in [2.24, 2.45) is 0 Å². The molecule has 0 fully saturated rings. The van der Waals surface area contributed by atoms with E-state index >= 15 is 0 Å². The molecule has 3 rings (SSSR count). The monoisotopic (exact) mass is 356 g/mol. The number of thiazole rings is 1. The number of amides is 1. The van der Waals surface area contributed by atoms with E-state index in [1.54, 1.807) is 13.3 Å². The van der Waals surface area contributed by atoms with E-state index in [2.05, 4.69) is 20.5 Å². The molecule has 0 aliphatic heterocycles. The van der Waals surface area contributed by atoms with Crippen LogP contribution in [0.2, 0.25) is 0 Å². The number of H-pyrrole nitrogens is 1. The molecule has 25 heavy (non-hydrogen) atoms. The van der Waals surface area contributed by atoms with Crippen molar-refractivity contribution in [3.05, 3.63) is 57.7 Å². The molecule has 0 bridgehead atoms. The van der Waals surface area contributed by atoms with E-state index in [-0.39, 0.29) is 12.0 Å². The number of hydrogen-bond donors (Lipinski definition) is 2. The molecule has 0 radical (unpaired) electrons. The van der Waals surface area contributed by atoms with Crippen molar-refractivity contribution < 1.29 is 9.53 Å². The number of aromatic nitrogens is 3. The van der Waals surface area contributed by atoms with E-state index in [0.717, 1.165) is 27.5 Å². The standard InChI is InChI=1S/C18H20N4O2S/c1-11-16(25-18(21-11)12(2)24-3)17(23)19-10-13-4-6-14(7-5-13)15-8-9-20-22-15/h4-9,12H,10H2,1-3H3,(H,19,23)(H,20,22). The molecule has 7 heteroatoms. The highest BCUT2D eigenvalue weighted by molar-refractivity contribution is 7.13. The maximum absolute atomic E-state index is 12.4. The fourth-order valence-electron chi connectivity index (χ4n) is 2.38. The third-order valence-corrected chi connectivity index (χ3v) is 5.26. The molecule has 2 N–H and O–H groups in total. The number of aryl methyl sites for hydroxylation is 1. The molecule has 1 unspecified atom stereocenters. The number of hydrogen-bond acceptors (Lipinski definition) is 5. The van der Waals surface area contributed by atoms with Gasteiger partial charge in [-0.05, 0) is 31.0 Å². The Balaban J connectivity index is 1.63. The first kappa shape index (κ1) is 17.3. The largest absolute Gasteiger partial charge is 0.375 e. The summed E-state index contributed by atoms with van der Waals surface area (Å²) < 4.78 is 5.26. The smallest absolute Gasteiger partial charge is 0.263 e. The third kappa shape index (κ3) is 3.94. The van der Waals surface area contributed by atoms with Gasteiger partial charge in [0.05, 0.1) is 11.4 Å². The molecule has 6 nitrogen and oxygen atoms in total. The van der Waals surface area contributed by atoms with E-state index in [4.69, 9.17) is 4.74 Å². The second kappa shape index (κ2) is 7.58. The van der Waals surface area contributed by atoms with Gasteiger partial charge < -0.3 is 10.1 Å². The van der Waals surface area contributed by atoms with Crippen LogP contribution < -0.4 is 5.32 Å². The number of nitrogens with one attached hydrogen (secondary N) is 2. The lowest BCUT2D eigenvalue weighted by atomic mass is 10.1. The van der Waals surface area contributed by atoms with Crippen LogP contribution in [-0.4, -0.2) is 28.2 Å². The summed E-state index contributed by atoms with van der Waals surface area (Å²) in [7, 11) is 1.63. The Bertz CT molecular complexity index is 841. The van der Waals surface area contributed by atoms with Gasteiger partial charge in [-0.25, -0.2) is 4.98 Å². The zero-order valence-corrected chi connectivity index (χ0v) is 15.2. The molecule has 1 atom stereocenters. The summed E-state index contributed by atoms with van der Waals surface area (Å²) in [5.74, 6) is -0.109. The fourth-order valence-corrected chi connectivity index (χ4v) is 3.40. The summed E-state index contributed by atoms with van der Waals surface area (Å²) in [6, 6.07) is 9.92. The Morgan fingerprint density at radius 2 is 2.08 bits per heavy atom. The van der Waals surface area contributed by atoms with Gasteiger partial charge in [0.15, 0.2) is 0 Å². The summed E-state index contributed by atoms with van der Waals surface area (Å²) >= 11 is 1.38. The molecule has 1 amide bonds. The third-order valence-electron chi connectivity index (χ3n) is 3.94. The lowest BCUT2D eigenvalue weighted by Gasteiger charge is -2.06. The molecule has 2 heterocycles. The van der Waals surface area contributed by atoms with Crippen molar-refractivity contribution >= 4 is 17.2 Å². The molecule has 1 aromatic carbocycles. The van der Waals surface area contributed by atoms with Crippen molar-refractivity contribution in [2.75, 3.05) is 7.11 Å². The SMILES string of the molecule is COC(C)c1nc(C)c(C(=O)NCc2ccc(-c3ccn[nH]3)cc2)s1. The van der Waals surface area contributed by atoms with Crippen molar-refractivity contribution in [1.29, 1.82) is 0 Å². The maximum atomic E-state index is 12.4. The molecule has 0 aliphatic rings. The number of rotatable bonds is 6. The highest BCUT2D eigenvalue weighted by atomic mass is 32.1. The van der Waals surface area contributed by atoms with Crippen molar-refractivity contribution in [3.63, 3.8) is 0 Å². The zero-order valence-electron chi connectivity index (χ0n) is 14.4. The van der Waals surface area contributed by atoms with Gasteiger partial charge in [-0.1, -0.05) is 24.3 Å². The minimum Gasteiger partial charge on any atom is -0.375 e. The van der Waals surface area contributed by atoms with Crippen LogP contribution in [0.15, 0.2) is 36.5 Å². The Morgan fingerprint density at radius 3 is 2.72 bits per heavy atom. The van der Waals surface area contributed by atoms with Gasteiger partial charge in [0.1, 0.15) is 16.0 Å². The Labute approximate surface area is 150 Å². The van der Waals surface area contributed by atoms with Gasteiger partial charge in [-0.2, -0.15) is 5.10 Å². The predicted octanol–water partition coefficient (Wildman–Crippen LogP) is 3.48. The molecular formula is C18H20N4O2S.